The number of carbonyl (C=O) groups excluding carboxylic acids is 1. The summed E-state index contributed by atoms with van der Waals surface area (Å²) in [6.07, 6.45) is 1.39. The molecule has 1 aliphatic rings. The first-order chi connectivity index (χ1) is 11.6. The van der Waals surface area contributed by atoms with Gasteiger partial charge >= 0.3 is 0 Å². The molecule has 1 aliphatic heterocycles. The van der Waals surface area contributed by atoms with Gasteiger partial charge in [0.05, 0.1) is 22.6 Å². The first-order valence-corrected chi connectivity index (χ1v) is 9.76. The molecule has 0 saturated carbocycles. The van der Waals surface area contributed by atoms with Gasteiger partial charge in [-0.25, -0.2) is 8.42 Å². The van der Waals surface area contributed by atoms with Crippen LogP contribution < -0.4 is 5.56 Å². The van der Waals surface area contributed by atoms with Crippen molar-refractivity contribution < 1.29 is 18.1 Å². The highest BCUT2D eigenvalue weighted by molar-refractivity contribution is 7.91. The number of carbonyl (C=O) groups is 1. The van der Waals surface area contributed by atoms with Crippen molar-refractivity contribution in [3.8, 4) is 0 Å². The first kappa shape index (κ1) is 19.1. The number of amides is 1. The highest BCUT2D eigenvalue weighted by Gasteiger charge is 2.35. The van der Waals surface area contributed by atoms with Crippen LogP contribution in [-0.2, 0) is 21.2 Å². The molecule has 0 spiro atoms. The standard InChI is InChI=1S/C15H21N3O6S/c1-11(2)7-17(13-5-6-25(23,24)10-13)15(20)9-16-8-12(18(21)22)3-4-14(16)19/h3-4,8,11,13H,5-7,9-10H2,1-2H3/t13-/m1/s1. The molecule has 1 atom stereocenters. The number of nitro groups is 1. The maximum Gasteiger partial charge on any atom is 0.285 e. The number of hydrogen-bond acceptors (Lipinski definition) is 6. The summed E-state index contributed by atoms with van der Waals surface area (Å²) in [5.41, 5.74) is -0.811. The number of hydrogen-bond donors (Lipinski definition) is 0. The van der Waals surface area contributed by atoms with Gasteiger partial charge in [-0.3, -0.25) is 24.3 Å². The number of rotatable bonds is 6. The Morgan fingerprint density at radius 1 is 1.44 bits per heavy atom. The molecule has 0 bridgehead atoms. The van der Waals surface area contributed by atoms with Gasteiger partial charge in [-0.15, -0.1) is 0 Å². The minimum atomic E-state index is -3.16. The maximum atomic E-state index is 12.7. The molecule has 0 aliphatic carbocycles. The van der Waals surface area contributed by atoms with Crippen LogP contribution in [0, 0.1) is 16.0 Å². The van der Waals surface area contributed by atoms with Crippen molar-refractivity contribution in [2.24, 2.45) is 5.92 Å². The molecule has 1 amide bonds. The predicted molar refractivity (Wildman–Crippen MR) is 91.0 cm³/mol. The minimum absolute atomic E-state index is 0.0380. The Labute approximate surface area is 145 Å². The Kier molecular flexibility index (Phi) is 5.61. The van der Waals surface area contributed by atoms with E-state index in [0.717, 1.165) is 22.9 Å². The Bertz CT molecular complexity index is 830. The van der Waals surface area contributed by atoms with Crippen LogP contribution >= 0.6 is 0 Å². The van der Waals surface area contributed by atoms with Crippen LogP contribution in [-0.4, -0.2) is 52.8 Å². The molecule has 25 heavy (non-hydrogen) atoms. The van der Waals surface area contributed by atoms with Crippen molar-refractivity contribution in [2.75, 3.05) is 18.1 Å². The van der Waals surface area contributed by atoms with E-state index in [0.29, 0.717) is 13.0 Å². The van der Waals surface area contributed by atoms with Crippen LogP contribution in [0.4, 0.5) is 5.69 Å². The van der Waals surface area contributed by atoms with Gasteiger partial charge in [0.15, 0.2) is 9.84 Å². The monoisotopic (exact) mass is 371 g/mol. The lowest BCUT2D eigenvalue weighted by molar-refractivity contribution is -0.385. The zero-order chi connectivity index (χ0) is 18.8. The lowest BCUT2D eigenvalue weighted by atomic mass is 10.1. The molecule has 1 aromatic rings. The minimum Gasteiger partial charge on any atom is -0.337 e. The average molecular weight is 371 g/mol. The quantitative estimate of drug-likeness (QED) is 0.528. The fourth-order valence-corrected chi connectivity index (χ4v) is 4.59. The van der Waals surface area contributed by atoms with E-state index in [4.69, 9.17) is 0 Å². The average Bonchev–Trinajstić information content (AvgIpc) is 2.86. The molecule has 1 aromatic heterocycles. The second kappa shape index (κ2) is 7.34. The van der Waals surface area contributed by atoms with Crippen LogP contribution in [0.5, 0.6) is 0 Å². The van der Waals surface area contributed by atoms with Crippen molar-refractivity contribution in [2.45, 2.75) is 32.9 Å². The number of nitrogens with zero attached hydrogens (tertiary/aromatic N) is 3. The maximum absolute atomic E-state index is 12.7. The largest absolute Gasteiger partial charge is 0.337 e. The summed E-state index contributed by atoms with van der Waals surface area (Å²) in [6.45, 7) is 3.82. The Morgan fingerprint density at radius 3 is 2.64 bits per heavy atom. The molecule has 0 N–H and O–H groups in total. The smallest absolute Gasteiger partial charge is 0.285 e. The van der Waals surface area contributed by atoms with Gasteiger partial charge < -0.3 is 4.90 Å². The zero-order valence-electron chi connectivity index (χ0n) is 14.1. The third kappa shape index (κ3) is 4.88. The lowest BCUT2D eigenvalue weighted by Gasteiger charge is -2.30. The number of sulfone groups is 1. The summed E-state index contributed by atoms with van der Waals surface area (Å²) in [5.74, 6) is -0.349. The van der Waals surface area contributed by atoms with Crippen molar-refractivity contribution in [3.05, 3.63) is 38.8 Å². The zero-order valence-corrected chi connectivity index (χ0v) is 14.9. The normalized spacial score (nSPS) is 19.1. The van der Waals surface area contributed by atoms with Gasteiger partial charge in [-0.1, -0.05) is 13.8 Å². The second-order valence-corrected chi connectivity index (χ2v) is 8.84. The molecule has 2 heterocycles. The van der Waals surface area contributed by atoms with Gasteiger partial charge in [0.1, 0.15) is 6.54 Å². The number of aromatic nitrogens is 1. The summed E-state index contributed by atoms with van der Waals surface area (Å²) in [4.78, 5) is 36.2. The topological polar surface area (TPSA) is 120 Å². The van der Waals surface area contributed by atoms with Gasteiger partial charge in [-0.05, 0) is 12.3 Å². The molecule has 1 saturated heterocycles. The number of pyridine rings is 1. The highest BCUT2D eigenvalue weighted by atomic mass is 32.2. The van der Waals surface area contributed by atoms with Crippen LogP contribution in [0.3, 0.4) is 0 Å². The van der Waals surface area contributed by atoms with Crippen molar-refractivity contribution >= 4 is 21.4 Å². The van der Waals surface area contributed by atoms with Gasteiger partial charge in [0.25, 0.3) is 11.2 Å². The van der Waals surface area contributed by atoms with Gasteiger partial charge in [0, 0.05) is 24.7 Å². The van der Waals surface area contributed by atoms with E-state index in [-0.39, 0.29) is 29.7 Å². The Hall–Kier alpha value is -2.23. The van der Waals surface area contributed by atoms with Crippen molar-refractivity contribution in [3.63, 3.8) is 0 Å². The van der Waals surface area contributed by atoms with Crippen LogP contribution in [0.2, 0.25) is 0 Å². The summed E-state index contributed by atoms with van der Waals surface area (Å²) in [7, 11) is -3.16. The van der Waals surface area contributed by atoms with E-state index in [9.17, 15) is 28.1 Å². The third-order valence-corrected chi connectivity index (χ3v) is 5.77. The Morgan fingerprint density at radius 2 is 2.12 bits per heavy atom. The first-order valence-electron chi connectivity index (χ1n) is 7.94. The SMILES string of the molecule is CC(C)CN(C(=O)Cn1cc([N+](=O)[O-])ccc1=O)[C@@H]1CCS(=O)(=O)C1. The predicted octanol–water partition coefficient (Wildman–Crippen LogP) is 0.428. The van der Waals surface area contributed by atoms with E-state index in [1.807, 2.05) is 13.8 Å². The van der Waals surface area contributed by atoms with E-state index in [1.165, 1.54) is 4.90 Å². The third-order valence-electron chi connectivity index (χ3n) is 4.02. The molecule has 9 nitrogen and oxygen atoms in total. The molecular formula is C15H21N3O6S. The van der Waals surface area contributed by atoms with Crippen molar-refractivity contribution in [1.29, 1.82) is 0 Å². The van der Waals surface area contributed by atoms with Gasteiger partial charge in [-0.2, -0.15) is 0 Å². The van der Waals surface area contributed by atoms with Crippen LogP contribution in [0.25, 0.3) is 0 Å². The molecule has 0 unspecified atom stereocenters. The van der Waals surface area contributed by atoms with Crippen LogP contribution in [0.1, 0.15) is 20.3 Å². The Balaban J connectivity index is 2.24. The molecule has 138 valence electrons. The second-order valence-electron chi connectivity index (χ2n) is 6.61. The van der Waals surface area contributed by atoms with E-state index < -0.39 is 32.3 Å². The van der Waals surface area contributed by atoms with Gasteiger partial charge in [0.2, 0.25) is 5.91 Å². The summed E-state index contributed by atoms with van der Waals surface area (Å²) >= 11 is 0. The molecular weight excluding hydrogens is 350 g/mol. The molecule has 2 rings (SSSR count). The summed E-state index contributed by atoms with van der Waals surface area (Å²) in [5, 5.41) is 10.8. The fourth-order valence-electron chi connectivity index (χ4n) is 2.86. The molecule has 0 radical (unpaired) electrons. The lowest BCUT2D eigenvalue weighted by Crippen LogP contribution is -2.45. The molecule has 1 fully saturated rings. The molecule has 0 aromatic carbocycles. The van der Waals surface area contributed by atoms with E-state index in [1.54, 1.807) is 0 Å². The van der Waals surface area contributed by atoms with Crippen molar-refractivity contribution in [1.82, 2.24) is 9.47 Å². The molecule has 10 heteroatoms. The van der Waals surface area contributed by atoms with E-state index in [2.05, 4.69) is 0 Å². The summed E-state index contributed by atoms with van der Waals surface area (Å²) in [6, 6.07) is 1.70. The highest BCUT2D eigenvalue weighted by Crippen LogP contribution is 2.19. The fraction of sp³-hybridized carbons (Fsp3) is 0.600. The van der Waals surface area contributed by atoms with E-state index >= 15 is 0 Å². The van der Waals surface area contributed by atoms with Crippen LogP contribution in [0.15, 0.2) is 23.1 Å². The summed E-state index contributed by atoms with van der Waals surface area (Å²) < 4.78 is 24.4.